The molecule has 1 N–H and O–H groups in total. The zero-order chi connectivity index (χ0) is 15.2. The van der Waals surface area contributed by atoms with Crippen molar-refractivity contribution in [2.45, 2.75) is 32.2 Å². The van der Waals surface area contributed by atoms with Crippen LogP contribution in [0.2, 0.25) is 10.0 Å². The average molecular weight is 328 g/mol. The van der Waals surface area contributed by atoms with Crippen molar-refractivity contribution in [1.82, 2.24) is 15.0 Å². The van der Waals surface area contributed by atoms with E-state index in [1.807, 2.05) is 12.3 Å². The highest BCUT2D eigenvalue weighted by molar-refractivity contribution is 6.42. The molecule has 0 saturated heterocycles. The molecule has 0 aliphatic heterocycles. The average Bonchev–Trinajstić information content (AvgIpc) is 2.86. The summed E-state index contributed by atoms with van der Waals surface area (Å²) < 4.78 is 1.73. The summed E-state index contributed by atoms with van der Waals surface area (Å²) in [4.78, 5) is 10.4. The van der Waals surface area contributed by atoms with Gasteiger partial charge in [-0.05, 0) is 37.0 Å². The molecule has 0 amide bonds. The van der Waals surface area contributed by atoms with Crippen LogP contribution in [-0.4, -0.2) is 26.1 Å². The van der Waals surface area contributed by atoms with Crippen molar-refractivity contribution in [3.05, 3.63) is 45.7 Å². The van der Waals surface area contributed by atoms with Crippen molar-refractivity contribution >= 4 is 29.2 Å². The normalized spacial score (nSPS) is 10.8. The van der Waals surface area contributed by atoms with Crippen LogP contribution >= 0.6 is 23.2 Å². The topological polar surface area (TPSA) is 68.0 Å². The lowest BCUT2D eigenvalue weighted by molar-refractivity contribution is -0.137. The van der Waals surface area contributed by atoms with Gasteiger partial charge in [-0.15, -0.1) is 5.10 Å². The quantitative estimate of drug-likeness (QED) is 0.791. The summed E-state index contributed by atoms with van der Waals surface area (Å²) in [7, 11) is 0. The van der Waals surface area contributed by atoms with Crippen LogP contribution < -0.4 is 0 Å². The maximum absolute atomic E-state index is 10.4. The third-order valence-corrected chi connectivity index (χ3v) is 3.73. The Kier molecular flexibility index (Phi) is 5.59. The second kappa shape index (κ2) is 7.43. The highest BCUT2D eigenvalue weighted by Gasteiger charge is 2.04. The van der Waals surface area contributed by atoms with Crippen molar-refractivity contribution in [2.24, 2.45) is 0 Å². The maximum Gasteiger partial charge on any atom is 0.303 e. The molecule has 0 spiro atoms. The molecule has 0 fully saturated rings. The minimum Gasteiger partial charge on any atom is -0.481 e. The standard InChI is InChI=1S/C14H15Cl2N3O2/c15-12-6-5-10(7-13(12)16)8-19-9-11(17-18-19)3-1-2-4-14(20)21/h5-7,9H,1-4,8H2,(H,20,21). The minimum absolute atomic E-state index is 0.192. The molecule has 0 aliphatic rings. The number of hydrogen-bond donors (Lipinski definition) is 1. The Morgan fingerprint density at radius 1 is 1.24 bits per heavy atom. The van der Waals surface area contributed by atoms with Crippen molar-refractivity contribution in [3.63, 3.8) is 0 Å². The van der Waals surface area contributed by atoms with Gasteiger partial charge in [0.25, 0.3) is 0 Å². The SMILES string of the molecule is O=C(O)CCCCc1cn(Cc2ccc(Cl)c(Cl)c2)nn1. The number of aliphatic carboxylic acids is 1. The largest absolute Gasteiger partial charge is 0.481 e. The van der Waals surface area contributed by atoms with Crippen LogP contribution in [0.1, 0.15) is 30.5 Å². The van der Waals surface area contributed by atoms with E-state index in [1.54, 1.807) is 16.8 Å². The number of carboxylic acids is 1. The van der Waals surface area contributed by atoms with Gasteiger partial charge in [0.2, 0.25) is 0 Å². The predicted octanol–water partition coefficient (Wildman–Crippen LogP) is 3.43. The Balaban J connectivity index is 1.87. The molecule has 0 unspecified atom stereocenters. The molecule has 21 heavy (non-hydrogen) atoms. The Bertz CT molecular complexity index is 628. The van der Waals surface area contributed by atoms with Crippen LogP contribution in [0.15, 0.2) is 24.4 Å². The fourth-order valence-corrected chi connectivity index (χ4v) is 2.26. The first-order chi connectivity index (χ1) is 10.0. The number of aryl methyl sites for hydroxylation is 1. The molecular weight excluding hydrogens is 313 g/mol. The minimum atomic E-state index is -0.765. The Hall–Kier alpha value is -1.59. The first kappa shape index (κ1) is 15.8. The van der Waals surface area contributed by atoms with E-state index >= 15 is 0 Å². The summed E-state index contributed by atoms with van der Waals surface area (Å²) in [6.07, 6.45) is 4.22. The van der Waals surface area contributed by atoms with E-state index in [4.69, 9.17) is 28.3 Å². The van der Waals surface area contributed by atoms with E-state index in [0.29, 0.717) is 23.0 Å². The summed E-state index contributed by atoms with van der Waals surface area (Å²) in [6.45, 7) is 0.568. The highest BCUT2D eigenvalue weighted by atomic mass is 35.5. The molecule has 0 aliphatic carbocycles. The van der Waals surface area contributed by atoms with E-state index in [0.717, 1.165) is 24.1 Å². The molecule has 1 aromatic heterocycles. The highest BCUT2D eigenvalue weighted by Crippen LogP contribution is 2.22. The van der Waals surface area contributed by atoms with Gasteiger partial charge in [-0.2, -0.15) is 0 Å². The van der Waals surface area contributed by atoms with Gasteiger partial charge >= 0.3 is 5.97 Å². The lowest BCUT2D eigenvalue weighted by atomic mass is 10.1. The van der Waals surface area contributed by atoms with Gasteiger partial charge in [0.05, 0.1) is 22.3 Å². The molecule has 0 radical (unpaired) electrons. The summed E-state index contributed by atoms with van der Waals surface area (Å²) >= 11 is 11.8. The van der Waals surface area contributed by atoms with E-state index in [-0.39, 0.29) is 6.42 Å². The zero-order valence-electron chi connectivity index (χ0n) is 11.3. The van der Waals surface area contributed by atoms with Gasteiger partial charge in [-0.1, -0.05) is 34.5 Å². The molecule has 0 bridgehead atoms. The van der Waals surface area contributed by atoms with Gasteiger partial charge in [0, 0.05) is 12.6 Å². The monoisotopic (exact) mass is 327 g/mol. The first-order valence-electron chi connectivity index (χ1n) is 6.59. The number of hydrogen-bond acceptors (Lipinski definition) is 3. The number of halogens is 2. The van der Waals surface area contributed by atoms with Crippen molar-refractivity contribution in [3.8, 4) is 0 Å². The number of carbonyl (C=O) groups is 1. The lowest BCUT2D eigenvalue weighted by Crippen LogP contribution is -2.00. The van der Waals surface area contributed by atoms with Crippen LogP contribution in [0, 0.1) is 0 Å². The number of aromatic nitrogens is 3. The summed E-state index contributed by atoms with van der Waals surface area (Å²) in [5.74, 6) is -0.765. The number of rotatable bonds is 7. The van der Waals surface area contributed by atoms with Crippen LogP contribution in [0.5, 0.6) is 0 Å². The zero-order valence-corrected chi connectivity index (χ0v) is 12.8. The van der Waals surface area contributed by atoms with Gasteiger partial charge in [0.1, 0.15) is 0 Å². The van der Waals surface area contributed by atoms with E-state index < -0.39 is 5.97 Å². The molecule has 2 aromatic rings. The maximum atomic E-state index is 10.4. The Morgan fingerprint density at radius 3 is 2.76 bits per heavy atom. The Labute approximate surface area is 132 Å². The first-order valence-corrected chi connectivity index (χ1v) is 7.35. The molecule has 0 atom stereocenters. The lowest BCUT2D eigenvalue weighted by Gasteiger charge is -2.02. The number of carboxylic acid groups (broad SMARTS) is 1. The second-order valence-electron chi connectivity index (χ2n) is 4.76. The van der Waals surface area contributed by atoms with Gasteiger partial charge in [0.15, 0.2) is 0 Å². The van der Waals surface area contributed by atoms with Crippen molar-refractivity contribution < 1.29 is 9.90 Å². The van der Waals surface area contributed by atoms with Crippen LogP contribution in [-0.2, 0) is 17.8 Å². The number of nitrogens with zero attached hydrogens (tertiary/aromatic N) is 3. The van der Waals surface area contributed by atoms with Crippen molar-refractivity contribution in [2.75, 3.05) is 0 Å². The molecule has 5 nitrogen and oxygen atoms in total. The van der Waals surface area contributed by atoms with Crippen LogP contribution in [0.25, 0.3) is 0 Å². The summed E-state index contributed by atoms with van der Waals surface area (Å²) in [5.41, 5.74) is 1.85. The summed E-state index contributed by atoms with van der Waals surface area (Å²) in [5, 5.41) is 17.7. The molecule has 1 heterocycles. The molecule has 0 saturated carbocycles. The van der Waals surface area contributed by atoms with E-state index in [2.05, 4.69) is 10.3 Å². The predicted molar refractivity (Wildman–Crippen MR) is 80.8 cm³/mol. The van der Waals surface area contributed by atoms with E-state index in [1.165, 1.54) is 0 Å². The second-order valence-corrected chi connectivity index (χ2v) is 5.57. The summed E-state index contributed by atoms with van der Waals surface area (Å²) in [6, 6.07) is 5.45. The number of benzene rings is 1. The number of unbranched alkanes of at least 4 members (excludes halogenated alkanes) is 1. The fraction of sp³-hybridized carbons (Fsp3) is 0.357. The third kappa shape index (κ3) is 5.02. The third-order valence-electron chi connectivity index (χ3n) is 2.99. The fourth-order valence-electron chi connectivity index (χ4n) is 1.94. The van der Waals surface area contributed by atoms with Gasteiger partial charge in [-0.25, -0.2) is 4.68 Å². The molecule has 2 rings (SSSR count). The van der Waals surface area contributed by atoms with Gasteiger partial charge < -0.3 is 5.11 Å². The Morgan fingerprint density at radius 2 is 2.05 bits per heavy atom. The van der Waals surface area contributed by atoms with Crippen LogP contribution in [0.3, 0.4) is 0 Å². The van der Waals surface area contributed by atoms with Crippen molar-refractivity contribution in [1.29, 1.82) is 0 Å². The smallest absolute Gasteiger partial charge is 0.303 e. The molecule has 7 heteroatoms. The molecule has 1 aromatic carbocycles. The molecule has 112 valence electrons. The molecular formula is C14H15Cl2N3O2. The van der Waals surface area contributed by atoms with E-state index in [9.17, 15) is 4.79 Å². The van der Waals surface area contributed by atoms with Gasteiger partial charge in [-0.3, -0.25) is 4.79 Å². The van der Waals surface area contributed by atoms with Crippen LogP contribution in [0.4, 0.5) is 0 Å².